The van der Waals surface area contributed by atoms with Crippen molar-refractivity contribution in [2.24, 2.45) is 46.3 Å². The number of benzene rings is 1. The van der Waals surface area contributed by atoms with Gasteiger partial charge in [0.15, 0.2) is 0 Å². The Hall–Kier alpha value is -1.50. The molecule has 0 spiro atoms. The molecule has 1 nitrogen and oxygen atoms in total. The minimum atomic E-state index is 0.326. The van der Waals surface area contributed by atoms with Crippen LogP contribution < -0.4 is 4.74 Å². The molecule has 4 unspecified atom stereocenters. The highest BCUT2D eigenvalue weighted by atomic mass is 16.5. The lowest BCUT2D eigenvalue weighted by Gasteiger charge is -2.58. The molecule has 0 bridgehead atoms. The van der Waals surface area contributed by atoms with Gasteiger partial charge in [-0.15, -0.1) is 0 Å². The predicted octanol–water partition coefficient (Wildman–Crippen LogP) is 10.1. The van der Waals surface area contributed by atoms with Gasteiger partial charge >= 0.3 is 0 Å². The molecular weight excluding hydrogens is 436 g/mol. The van der Waals surface area contributed by atoms with E-state index >= 15 is 0 Å². The van der Waals surface area contributed by atoms with E-state index in [1.54, 1.807) is 5.57 Å². The summed E-state index contributed by atoms with van der Waals surface area (Å²) < 4.78 is 6.48. The lowest BCUT2D eigenvalue weighted by molar-refractivity contribution is -0.0559. The number of hydrogen-bond donors (Lipinski definition) is 0. The zero-order valence-electron chi connectivity index (χ0n) is 23.9. The van der Waals surface area contributed by atoms with Crippen LogP contribution in [0.15, 0.2) is 42.5 Å². The quantitative estimate of drug-likeness (QED) is 0.331. The molecule has 36 heavy (non-hydrogen) atoms. The normalized spacial score (nSPS) is 38.5. The van der Waals surface area contributed by atoms with E-state index in [0.717, 1.165) is 53.2 Å². The maximum atomic E-state index is 6.48. The van der Waals surface area contributed by atoms with Crippen molar-refractivity contribution in [2.75, 3.05) is 0 Å². The maximum absolute atomic E-state index is 6.48. The van der Waals surface area contributed by atoms with Crippen LogP contribution in [0.25, 0.3) is 6.08 Å². The molecular formula is C35H52O. The van der Waals surface area contributed by atoms with Crippen molar-refractivity contribution in [3.63, 3.8) is 0 Å². The van der Waals surface area contributed by atoms with Gasteiger partial charge in [0.05, 0.1) is 0 Å². The third kappa shape index (κ3) is 4.74. The van der Waals surface area contributed by atoms with Crippen molar-refractivity contribution >= 4 is 6.08 Å². The van der Waals surface area contributed by atoms with Crippen molar-refractivity contribution in [1.82, 2.24) is 0 Å². The molecule has 0 N–H and O–H groups in total. The second-order valence-corrected chi connectivity index (χ2v) is 14.0. The average molecular weight is 489 g/mol. The van der Waals surface area contributed by atoms with Gasteiger partial charge < -0.3 is 4.74 Å². The molecule has 0 aliphatic heterocycles. The summed E-state index contributed by atoms with van der Waals surface area (Å²) in [6.07, 6.45) is 20.0. The molecule has 8 atom stereocenters. The molecule has 0 amide bonds. The Morgan fingerprint density at radius 3 is 2.47 bits per heavy atom. The lowest BCUT2D eigenvalue weighted by Crippen LogP contribution is -2.51. The van der Waals surface area contributed by atoms with E-state index in [4.69, 9.17) is 4.74 Å². The third-order valence-corrected chi connectivity index (χ3v) is 11.7. The fraction of sp³-hybridized carbons (Fsp3) is 0.714. The van der Waals surface area contributed by atoms with Gasteiger partial charge in [0.2, 0.25) is 0 Å². The Kier molecular flexibility index (Phi) is 7.50. The van der Waals surface area contributed by atoms with Crippen LogP contribution in [0.5, 0.6) is 5.75 Å². The monoisotopic (exact) mass is 488 g/mol. The van der Waals surface area contributed by atoms with E-state index < -0.39 is 0 Å². The number of hydrogen-bond acceptors (Lipinski definition) is 1. The lowest BCUT2D eigenvalue weighted by atomic mass is 9.47. The molecule has 1 aromatic carbocycles. The molecule has 198 valence electrons. The summed E-state index contributed by atoms with van der Waals surface area (Å²) in [5.74, 6) is 6.45. The van der Waals surface area contributed by atoms with Crippen molar-refractivity contribution < 1.29 is 4.74 Å². The molecule has 1 heteroatoms. The second-order valence-electron chi connectivity index (χ2n) is 14.0. The summed E-state index contributed by atoms with van der Waals surface area (Å²) in [4.78, 5) is 0. The Balaban J connectivity index is 1.26. The van der Waals surface area contributed by atoms with Gasteiger partial charge in [-0.25, -0.2) is 0 Å². The Bertz CT molecular complexity index is 940. The summed E-state index contributed by atoms with van der Waals surface area (Å²) in [6.45, 7) is 16.6. The van der Waals surface area contributed by atoms with E-state index in [-0.39, 0.29) is 0 Å². The minimum Gasteiger partial charge on any atom is -0.490 e. The van der Waals surface area contributed by atoms with Crippen LogP contribution in [0, 0.1) is 46.3 Å². The maximum Gasteiger partial charge on any atom is 0.119 e. The summed E-state index contributed by atoms with van der Waals surface area (Å²) in [7, 11) is 0. The van der Waals surface area contributed by atoms with Gasteiger partial charge in [-0.05, 0) is 109 Å². The van der Waals surface area contributed by atoms with Crippen LogP contribution in [0.2, 0.25) is 0 Å². The van der Waals surface area contributed by atoms with Crippen LogP contribution in [0.4, 0.5) is 0 Å². The van der Waals surface area contributed by atoms with Crippen molar-refractivity contribution in [2.45, 2.75) is 111 Å². The predicted molar refractivity (Wildman–Crippen MR) is 154 cm³/mol. The van der Waals surface area contributed by atoms with E-state index in [1.165, 1.54) is 64.2 Å². The second kappa shape index (κ2) is 10.3. The number of allylic oxidation sites excluding steroid dienone is 1. The number of fused-ring (bicyclic) bond motifs is 5. The molecule has 1 aromatic rings. The van der Waals surface area contributed by atoms with Crippen molar-refractivity contribution in [1.29, 1.82) is 0 Å². The number of ether oxygens (including phenoxy) is 1. The standard InChI is InChI=1S/C35H52O/c1-7-26-11-14-28(15-12-26)36-29-19-21-34(5)27(23-29)13-16-30-32-18-17-31(25(4)10-8-9-24(2)3)35(32,6)22-20-33(30)34/h7,11-15,24-25,29-33H,1,8-10,16-23H2,2-6H3/t25-,29?,30?,31-,32?,33?,34+,35-/m1/s1. The Morgan fingerprint density at radius 2 is 1.75 bits per heavy atom. The fourth-order valence-electron chi connectivity index (χ4n) is 9.63. The summed E-state index contributed by atoms with van der Waals surface area (Å²) in [5, 5.41) is 0. The van der Waals surface area contributed by atoms with Gasteiger partial charge in [-0.1, -0.05) is 90.3 Å². The van der Waals surface area contributed by atoms with E-state index in [2.05, 4.69) is 71.5 Å². The molecule has 0 saturated heterocycles. The van der Waals surface area contributed by atoms with E-state index in [1.807, 2.05) is 6.08 Å². The summed E-state index contributed by atoms with van der Waals surface area (Å²) in [5.41, 5.74) is 3.86. The highest BCUT2D eigenvalue weighted by Crippen LogP contribution is 2.67. The summed E-state index contributed by atoms with van der Waals surface area (Å²) >= 11 is 0. The first-order valence-corrected chi connectivity index (χ1v) is 15.3. The molecule has 3 fully saturated rings. The van der Waals surface area contributed by atoms with Crippen molar-refractivity contribution in [3.05, 3.63) is 48.1 Å². The topological polar surface area (TPSA) is 9.23 Å². The van der Waals surface area contributed by atoms with Gasteiger partial charge in [0, 0.05) is 6.42 Å². The van der Waals surface area contributed by atoms with Gasteiger partial charge in [0.1, 0.15) is 11.9 Å². The SMILES string of the molecule is C=Cc1ccc(OC2CC[C@@]3(C)C(=CCC4C3CC[C@@]3(C)C4CC[C@@H]3[C@H](C)CCCC(C)C)C2)cc1. The van der Waals surface area contributed by atoms with Crippen LogP contribution in [0.1, 0.15) is 111 Å². The van der Waals surface area contributed by atoms with Crippen LogP contribution in [0.3, 0.4) is 0 Å². The average Bonchev–Trinajstić information content (AvgIpc) is 3.22. The van der Waals surface area contributed by atoms with Gasteiger partial charge in [-0.2, -0.15) is 0 Å². The van der Waals surface area contributed by atoms with Gasteiger partial charge in [0.25, 0.3) is 0 Å². The Labute approximate surface area is 222 Å². The zero-order chi connectivity index (χ0) is 25.5. The zero-order valence-corrected chi connectivity index (χ0v) is 23.9. The van der Waals surface area contributed by atoms with Crippen LogP contribution in [-0.4, -0.2) is 6.10 Å². The summed E-state index contributed by atoms with van der Waals surface area (Å²) in [6, 6.07) is 8.44. The highest BCUT2D eigenvalue weighted by molar-refractivity contribution is 5.48. The molecule has 5 rings (SSSR count). The van der Waals surface area contributed by atoms with Crippen LogP contribution in [-0.2, 0) is 0 Å². The molecule has 3 saturated carbocycles. The van der Waals surface area contributed by atoms with E-state index in [0.29, 0.717) is 16.9 Å². The first kappa shape index (κ1) is 26.1. The molecule has 0 heterocycles. The molecule has 0 aromatic heterocycles. The fourth-order valence-corrected chi connectivity index (χ4v) is 9.63. The van der Waals surface area contributed by atoms with Crippen molar-refractivity contribution in [3.8, 4) is 5.75 Å². The molecule has 0 radical (unpaired) electrons. The van der Waals surface area contributed by atoms with E-state index in [9.17, 15) is 0 Å². The largest absolute Gasteiger partial charge is 0.490 e. The molecule has 4 aliphatic carbocycles. The first-order chi connectivity index (χ1) is 17.2. The van der Waals surface area contributed by atoms with Gasteiger partial charge in [-0.3, -0.25) is 0 Å². The highest BCUT2D eigenvalue weighted by Gasteiger charge is 2.59. The number of rotatable bonds is 8. The third-order valence-electron chi connectivity index (χ3n) is 11.7. The molecule has 4 aliphatic rings. The van der Waals surface area contributed by atoms with Crippen LogP contribution >= 0.6 is 0 Å². The first-order valence-electron chi connectivity index (χ1n) is 15.3. The minimum absolute atomic E-state index is 0.326. The Morgan fingerprint density at radius 1 is 0.972 bits per heavy atom. The smallest absolute Gasteiger partial charge is 0.119 e.